The molecule has 132 valence electrons. The summed E-state index contributed by atoms with van der Waals surface area (Å²) in [4.78, 5) is 12.3. The lowest BCUT2D eigenvalue weighted by Crippen LogP contribution is -2.30. The van der Waals surface area contributed by atoms with Gasteiger partial charge in [0.25, 0.3) is 5.91 Å². The molecule has 0 aromatic heterocycles. The van der Waals surface area contributed by atoms with E-state index >= 15 is 0 Å². The Balaban J connectivity index is 1.69. The van der Waals surface area contributed by atoms with Gasteiger partial charge in [-0.25, -0.2) is 4.39 Å². The molecule has 1 aliphatic rings. The third-order valence-electron chi connectivity index (χ3n) is 3.59. The minimum Gasteiger partial charge on any atom is -0.490 e. The Kier molecular flexibility index (Phi) is 5.28. The molecule has 1 aliphatic heterocycles. The number of halogens is 2. The van der Waals surface area contributed by atoms with Gasteiger partial charge in [-0.15, -0.1) is 0 Å². The zero-order chi connectivity index (χ0) is 17.8. The van der Waals surface area contributed by atoms with Crippen LogP contribution in [0.25, 0.3) is 0 Å². The molecule has 25 heavy (non-hydrogen) atoms. The Morgan fingerprint density at radius 2 is 1.84 bits per heavy atom. The lowest BCUT2D eigenvalue weighted by atomic mass is 10.2. The average molecular weight is 366 g/mol. The molecule has 1 heterocycles. The van der Waals surface area contributed by atoms with Crippen molar-refractivity contribution in [2.75, 3.05) is 18.5 Å². The summed E-state index contributed by atoms with van der Waals surface area (Å²) in [6, 6.07) is 8.69. The summed E-state index contributed by atoms with van der Waals surface area (Å²) in [6.07, 6.45) is -0.0196. The number of benzene rings is 2. The Hall–Kier alpha value is -2.47. The van der Waals surface area contributed by atoms with E-state index in [0.717, 1.165) is 6.42 Å². The first-order valence-electron chi connectivity index (χ1n) is 7.85. The molecule has 3 rings (SSSR count). The number of hydrogen-bond donors (Lipinski definition) is 1. The molecule has 0 spiro atoms. The number of hydrogen-bond acceptors (Lipinski definition) is 4. The van der Waals surface area contributed by atoms with Crippen LogP contribution in [0.3, 0.4) is 0 Å². The smallest absolute Gasteiger partial charge is 0.265 e. The van der Waals surface area contributed by atoms with Gasteiger partial charge in [-0.1, -0.05) is 11.6 Å². The standard InChI is InChI=1S/C18H17ClFNO4/c1-11(25-13-5-3-12(20)4-6-13)18(22)21-15-10-17-16(9-14(15)19)23-7-2-8-24-17/h3-6,9-11H,2,7-8H2,1H3,(H,21,22)/t11-/m1/s1. The van der Waals surface area contributed by atoms with Crippen LogP contribution in [0.1, 0.15) is 13.3 Å². The minimum absolute atomic E-state index is 0.339. The molecule has 0 fully saturated rings. The van der Waals surface area contributed by atoms with Crippen molar-refractivity contribution in [3.05, 3.63) is 47.2 Å². The van der Waals surface area contributed by atoms with Crippen molar-refractivity contribution in [3.8, 4) is 17.2 Å². The van der Waals surface area contributed by atoms with E-state index < -0.39 is 6.10 Å². The van der Waals surface area contributed by atoms with Gasteiger partial charge in [0.1, 0.15) is 11.6 Å². The summed E-state index contributed by atoms with van der Waals surface area (Å²) in [7, 11) is 0. The Morgan fingerprint density at radius 3 is 2.52 bits per heavy atom. The summed E-state index contributed by atoms with van der Waals surface area (Å²) in [5.41, 5.74) is 0.408. The largest absolute Gasteiger partial charge is 0.490 e. The maximum atomic E-state index is 12.9. The quantitative estimate of drug-likeness (QED) is 0.888. The number of fused-ring (bicyclic) bond motifs is 1. The van der Waals surface area contributed by atoms with Gasteiger partial charge in [0.15, 0.2) is 17.6 Å². The maximum Gasteiger partial charge on any atom is 0.265 e. The third kappa shape index (κ3) is 4.33. The highest BCUT2D eigenvalue weighted by atomic mass is 35.5. The first kappa shape index (κ1) is 17.4. The summed E-state index contributed by atoms with van der Waals surface area (Å²) in [6.45, 7) is 2.68. The fourth-order valence-corrected chi connectivity index (χ4v) is 2.49. The van der Waals surface area contributed by atoms with Crippen LogP contribution in [0.4, 0.5) is 10.1 Å². The Labute approximate surface area is 149 Å². The average Bonchev–Trinajstić information content (AvgIpc) is 2.82. The van der Waals surface area contributed by atoms with E-state index in [1.807, 2.05) is 0 Å². The predicted octanol–water partition coefficient (Wildman–Crippen LogP) is 4.05. The van der Waals surface area contributed by atoms with Crippen LogP contribution in [-0.2, 0) is 4.79 Å². The maximum absolute atomic E-state index is 12.9. The van der Waals surface area contributed by atoms with Crippen molar-refractivity contribution >= 4 is 23.2 Å². The number of carbonyl (C=O) groups excluding carboxylic acids is 1. The fraction of sp³-hybridized carbons (Fsp3) is 0.278. The van der Waals surface area contributed by atoms with E-state index in [2.05, 4.69) is 5.32 Å². The summed E-state index contributed by atoms with van der Waals surface area (Å²) >= 11 is 6.21. The van der Waals surface area contributed by atoms with Gasteiger partial charge < -0.3 is 19.5 Å². The molecule has 0 saturated heterocycles. The lowest BCUT2D eigenvalue weighted by Gasteiger charge is -2.16. The molecule has 1 atom stereocenters. The summed E-state index contributed by atoms with van der Waals surface area (Å²) in [5, 5.41) is 3.05. The second-order valence-corrected chi connectivity index (χ2v) is 5.94. The molecule has 0 unspecified atom stereocenters. The number of anilines is 1. The number of ether oxygens (including phenoxy) is 3. The summed E-state index contributed by atoms with van der Waals surface area (Å²) in [5.74, 6) is 0.721. The predicted molar refractivity (Wildman–Crippen MR) is 92.2 cm³/mol. The number of rotatable bonds is 4. The van der Waals surface area contributed by atoms with Crippen LogP contribution < -0.4 is 19.5 Å². The second-order valence-electron chi connectivity index (χ2n) is 5.53. The van der Waals surface area contributed by atoms with Crippen LogP contribution in [0, 0.1) is 5.82 Å². The third-order valence-corrected chi connectivity index (χ3v) is 3.90. The molecule has 2 aromatic carbocycles. The summed E-state index contributed by atoms with van der Waals surface area (Å²) < 4.78 is 29.5. The molecule has 2 aromatic rings. The van der Waals surface area contributed by atoms with Crippen molar-refractivity contribution in [3.63, 3.8) is 0 Å². The van der Waals surface area contributed by atoms with Crippen LogP contribution >= 0.6 is 11.6 Å². The van der Waals surface area contributed by atoms with Crippen molar-refractivity contribution < 1.29 is 23.4 Å². The zero-order valence-corrected chi connectivity index (χ0v) is 14.3. The van der Waals surface area contributed by atoms with E-state index in [4.69, 9.17) is 25.8 Å². The van der Waals surface area contributed by atoms with Crippen molar-refractivity contribution in [1.82, 2.24) is 0 Å². The highest BCUT2D eigenvalue weighted by Crippen LogP contribution is 2.37. The van der Waals surface area contributed by atoms with Gasteiger partial charge in [-0.3, -0.25) is 4.79 Å². The first-order chi connectivity index (χ1) is 12.0. The molecular weight excluding hydrogens is 349 g/mol. The number of amides is 1. The molecule has 0 radical (unpaired) electrons. The van der Waals surface area contributed by atoms with Gasteiger partial charge >= 0.3 is 0 Å². The SMILES string of the molecule is C[C@@H](Oc1ccc(F)cc1)C(=O)Nc1cc2c(cc1Cl)OCCCO2. The van der Waals surface area contributed by atoms with Gasteiger partial charge in [-0.2, -0.15) is 0 Å². The first-order valence-corrected chi connectivity index (χ1v) is 8.23. The lowest BCUT2D eigenvalue weighted by molar-refractivity contribution is -0.122. The van der Waals surface area contributed by atoms with E-state index in [0.29, 0.717) is 41.2 Å². The fourth-order valence-electron chi connectivity index (χ4n) is 2.28. The van der Waals surface area contributed by atoms with Crippen molar-refractivity contribution in [2.45, 2.75) is 19.4 Å². The molecule has 0 saturated carbocycles. The van der Waals surface area contributed by atoms with Gasteiger partial charge in [0.2, 0.25) is 0 Å². The van der Waals surface area contributed by atoms with Crippen LogP contribution in [0.2, 0.25) is 5.02 Å². The monoisotopic (exact) mass is 365 g/mol. The highest BCUT2D eigenvalue weighted by Gasteiger charge is 2.19. The minimum atomic E-state index is -0.794. The number of carbonyl (C=O) groups is 1. The van der Waals surface area contributed by atoms with Gasteiger partial charge in [-0.05, 0) is 31.2 Å². The van der Waals surface area contributed by atoms with E-state index in [-0.39, 0.29) is 11.7 Å². The normalized spacial score (nSPS) is 14.4. The van der Waals surface area contributed by atoms with Gasteiger partial charge in [0.05, 0.1) is 23.9 Å². The zero-order valence-electron chi connectivity index (χ0n) is 13.6. The van der Waals surface area contributed by atoms with Crippen LogP contribution in [-0.4, -0.2) is 25.2 Å². The topological polar surface area (TPSA) is 56.8 Å². The second kappa shape index (κ2) is 7.61. The number of nitrogens with one attached hydrogen (secondary N) is 1. The molecule has 0 bridgehead atoms. The van der Waals surface area contributed by atoms with Crippen LogP contribution in [0.5, 0.6) is 17.2 Å². The highest BCUT2D eigenvalue weighted by molar-refractivity contribution is 6.34. The molecule has 1 N–H and O–H groups in total. The Bertz CT molecular complexity index is 766. The Morgan fingerprint density at radius 1 is 1.20 bits per heavy atom. The molecule has 7 heteroatoms. The van der Waals surface area contributed by atoms with E-state index in [1.54, 1.807) is 19.1 Å². The molecule has 1 amide bonds. The molecule has 0 aliphatic carbocycles. The van der Waals surface area contributed by atoms with Crippen molar-refractivity contribution in [1.29, 1.82) is 0 Å². The van der Waals surface area contributed by atoms with Crippen LogP contribution in [0.15, 0.2) is 36.4 Å². The van der Waals surface area contributed by atoms with E-state index in [9.17, 15) is 9.18 Å². The van der Waals surface area contributed by atoms with Gasteiger partial charge in [0, 0.05) is 18.6 Å². The molecule has 5 nitrogen and oxygen atoms in total. The van der Waals surface area contributed by atoms with E-state index in [1.165, 1.54) is 24.3 Å². The molecular formula is C18H17ClFNO4. The van der Waals surface area contributed by atoms with Crippen molar-refractivity contribution in [2.24, 2.45) is 0 Å².